The molecule has 0 spiro atoms. The van der Waals surface area contributed by atoms with Gasteiger partial charge in [0.25, 0.3) is 5.91 Å². The first-order chi connectivity index (χ1) is 12.5. The van der Waals surface area contributed by atoms with Crippen LogP contribution in [0.2, 0.25) is 5.15 Å². The lowest BCUT2D eigenvalue weighted by Gasteiger charge is -2.20. The zero-order chi connectivity index (χ0) is 18.8. The number of pyridine rings is 1. The number of hydrogen-bond donors (Lipinski definition) is 1. The number of H-pyrrole nitrogens is 1. The van der Waals surface area contributed by atoms with Crippen LogP contribution in [0.1, 0.15) is 10.5 Å². The van der Waals surface area contributed by atoms with Crippen LogP contribution in [0.25, 0.3) is 11.0 Å². The summed E-state index contributed by atoms with van der Waals surface area (Å²) in [7, 11) is 6.23. The van der Waals surface area contributed by atoms with Gasteiger partial charge in [-0.25, -0.2) is 4.98 Å². The number of nitrogens with zero attached hydrogens (tertiary/aromatic N) is 2. The highest BCUT2D eigenvalue weighted by Gasteiger charge is 2.21. The Balaban J connectivity index is 1.99. The van der Waals surface area contributed by atoms with Gasteiger partial charge in [-0.15, -0.1) is 0 Å². The molecule has 3 aromatic rings. The summed E-state index contributed by atoms with van der Waals surface area (Å²) >= 11 is 5.90. The lowest BCUT2D eigenvalue weighted by atomic mass is 10.2. The minimum absolute atomic E-state index is 0.242. The minimum atomic E-state index is -0.242. The van der Waals surface area contributed by atoms with E-state index in [0.717, 1.165) is 5.52 Å². The van der Waals surface area contributed by atoms with Crippen molar-refractivity contribution in [1.29, 1.82) is 0 Å². The molecule has 26 heavy (non-hydrogen) atoms. The smallest absolute Gasteiger partial charge is 0.274 e. The predicted octanol–water partition coefficient (Wildman–Crippen LogP) is 3.52. The second kappa shape index (κ2) is 7.13. The molecule has 0 aliphatic heterocycles. The summed E-state index contributed by atoms with van der Waals surface area (Å²) in [6.07, 6.45) is 0. The zero-order valence-corrected chi connectivity index (χ0v) is 15.5. The van der Waals surface area contributed by atoms with E-state index in [2.05, 4.69) is 9.97 Å². The Morgan fingerprint density at radius 2 is 1.73 bits per heavy atom. The largest absolute Gasteiger partial charge is 0.493 e. The fraction of sp³-hybridized carbons (Fsp3) is 0.222. The average Bonchev–Trinajstić information content (AvgIpc) is 3.08. The van der Waals surface area contributed by atoms with E-state index in [9.17, 15) is 4.79 Å². The van der Waals surface area contributed by atoms with Crippen LogP contribution in [0.5, 0.6) is 17.2 Å². The molecule has 0 aliphatic carbocycles. The summed E-state index contributed by atoms with van der Waals surface area (Å²) in [5, 5.41) is 0.369. The Morgan fingerprint density at radius 1 is 1.08 bits per heavy atom. The van der Waals surface area contributed by atoms with Gasteiger partial charge in [0.05, 0.1) is 38.1 Å². The molecule has 136 valence electrons. The molecule has 0 aliphatic rings. The molecule has 0 atom stereocenters. The van der Waals surface area contributed by atoms with Crippen LogP contribution in [-0.4, -0.2) is 44.3 Å². The molecule has 8 heteroatoms. The van der Waals surface area contributed by atoms with Crippen LogP contribution in [0, 0.1) is 0 Å². The van der Waals surface area contributed by atoms with Crippen molar-refractivity contribution in [3.63, 3.8) is 0 Å². The molecule has 1 aromatic carbocycles. The van der Waals surface area contributed by atoms with E-state index in [-0.39, 0.29) is 5.91 Å². The number of benzene rings is 1. The summed E-state index contributed by atoms with van der Waals surface area (Å²) in [6.45, 7) is 0. The van der Waals surface area contributed by atoms with Crippen molar-refractivity contribution in [3.8, 4) is 17.2 Å². The van der Waals surface area contributed by atoms with Crippen LogP contribution < -0.4 is 19.1 Å². The first-order valence-corrected chi connectivity index (χ1v) is 8.09. The third kappa shape index (κ3) is 3.13. The Kier molecular flexibility index (Phi) is 4.90. The van der Waals surface area contributed by atoms with Gasteiger partial charge < -0.3 is 24.1 Å². The first-order valence-electron chi connectivity index (χ1n) is 7.71. The van der Waals surface area contributed by atoms with Crippen molar-refractivity contribution >= 4 is 34.2 Å². The Bertz CT molecular complexity index is 945. The number of aromatic nitrogens is 2. The lowest BCUT2D eigenvalue weighted by Crippen LogP contribution is -2.26. The molecule has 0 unspecified atom stereocenters. The van der Waals surface area contributed by atoms with E-state index in [1.54, 1.807) is 37.4 Å². The molecule has 3 rings (SSSR count). The van der Waals surface area contributed by atoms with Gasteiger partial charge in [-0.05, 0) is 18.2 Å². The van der Waals surface area contributed by atoms with Gasteiger partial charge in [0.2, 0.25) is 5.75 Å². The molecular formula is C18H18ClN3O4. The SMILES string of the molecule is COc1cc(N(C)C(=O)c2cc3nc(Cl)ccc3[nH]2)cc(OC)c1OC. The second-order valence-corrected chi connectivity index (χ2v) is 5.88. The highest BCUT2D eigenvalue weighted by molar-refractivity contribution is 6.29. The molecule has 7 nitrogen and oxygen atoms in total. The van der Waals surface area contributed by atoms with Gasteiger partial charge in [0.1, 0.15) is 10.8 Å². The molecule has 0 saturated heterocycles. The van der Waals surface area contributed by atoms with Crippen LogP contribution in [0.15, 0.2) is 30.3 Å². The summed E-state index contributed by atoms with van der Waals surface area (Å²) in [4.78, 5) is 21.6. The summed E-state index contributed by atoms with van der Waals surface area (Å²) < 4.78 is 16.0. The predicted molar refractivity (Wildman–Crippen MR) is 99.9 cm³/mol. The number of anilines is 1. The van der Waals surface area contributed by atoms with E-state index in [4.69, 9.17) is 25.8 Å². The number of nitrogens with one attached hydrogen (secondary N) is 1. The summed E-state index contributed by atoms with van der Waals surface area (Å²) in [6, 6.07) is 8.52. The lowest BCUT2D eigenvalue weighted by molar-refractivity contribution is 0.0989. The molecule has 2 heterocycles. The van der Waals surface area contributed by atoms with Crippen LogP contribution in [0.4, 0.5) is 5.69 Å². The van der Waals surface area contributed by atoms with Crippen molar-refractivity contribution in [3.05, 3.63) is 41.2 Å². The van der Waals surface area contributed by atoms with Crippen molar-refractivity contribution in [1.82, 2.24) is 9.97 Å². The second-order valence-electron chi connectivity index (χ2n) is 5.50. The zero-order valence-electron chi connectivity index (χ0n) is 14.8. The van der Waals surface area contributed by atoms with Crippen LogP contribution in [-0.2, 0) is 0 Å². The van der Waals surface area contributed by atoms with E-state index < -0.39 is 0 Å². The van der Waals surface area contributed by atoms with Gasteiger partial charge in [-0.2, -0.15) is 0 Å². The molecular weight excluding hydrogens is 358 g/mol. The highest BCUT2D eigenvalue weighted by Crippen LogP contribution is 2.41. The number of aromatic amines is 1. The number of hydrogen-bond acceptors (Lipinski definition) is 5. The first kappa shape index (κ1) is 17.9. The fourth-order valence-corrected chi connectivity index (χ4v) is 2.81. The van der Waals surface area contributed by atoms with Crippen LogP contribution in [0.3, 0.4) is 0 Å². The average molecular weight is 376 g/mol. The maximum absolute atomic E-state index is 12.9. The molecule has 0 saturated carbocycles. The fourth-order valence-electron chi connectivity index (χ4n) is 2.66. The van der Waals surface area contributed by atoms with Gasteiger partial charge in [0.15, 0.2) is 11.5 Å². The normalized spacial score (nSPS) is 10.7. The molecule has 1 N–H and O–H groups in total. The highest BCUT2D eigenvalue weighted by atomic mass is 35.5. The third-order valence-electron chi connectivity index (χ3n) is 4.01. The van der Waals surface area contributed by atoms with Crippen molar-refractivity contribution in [2.24, 2.45) is 0 Å². The summed E-state index contributed by atoms with van der Waals surface area (Å²) in [5.41, 5.74) is 2.34. The molecule has 0 bridgehead atoms. The van der Waals surface area contributed by atoms with E-state index in [1.807, 2.05) is 0 Å². The number of fused-ring (bicyclic) bond motifs is 1. The number of amides is 1. The molecule has 2 aromatic heterocycles. The van der Waals surface area contributed by atoms with Crippen molar-refractivity contribution in [2.75, 3.05) is 33.3 Å². The van der Waals surface area contributed by atoms with Gasteiger partial charge in [-0.3, -0.25) is 4.79 Å². The van der Waals surface area contributed by atoms with E-state index in [0.29, 0.717) is 39.3 Å². The Morgan fingerprint density at radius 3 is 2.31 bits per heavy atom. The van der Waals surface area contributed by atoms with Crippen LogP contribution >= 0.6 is 11.6 Å². The van der Waals surface area contributed by atoms with E-state index in [1.165, 1.54) is 26.2 Å². The Labute approximate surface area is 155 Å². The van der Waals surface area contributed by atoms with Gasteiger partial charge >= 0.3 is 0 Å². The van der Waals surface area contributed by atoms with E-state index >= 15 is 0 Å². The minimum Gasteiger partial charge on any atom is -0.493 e. The molecule has 0 fully saturated rings. The van der Waals surface area contributed by atoms with Crippen molar-refractivity contribution in [2.45, 2.75) is 0 Å². The number of halogens is 1. The standard InChI is InChI=1S/C18H18ClN3O4/c1-22(10-7-14(24-2)17(26-4)15(8-10)25-3)18(23)13-9-12-11(20-13)5-6-16(19)21-12/h5-9,20H,1-4H3. The number of methoxy groups -OCH3 is 3. The number of carbonyl (C=O) groups excluding carboxylic acids is 1. The molecule has 0 radical (unpaired) electrons. The number of ether oxygens (including phenoxy) is 3. The Hall–Kier alpha value is -2.93. The third-order valence-corrected chi connectivity index (χ3v) is 4.22. The summed E-state index contributed by atoms with van der Waals surface area (Å²) in [5.74, 6) is 1.15. The van der Waals surface area contributed by atoms with Gasteiger partial charge in [-0.1, -0.05) is 11.6 Å². The quantitative estimate of drug-likeness (QED) is 0.690. The topological polar surface area (TPSA) is 76.7 Å². The number of carbonyl (C=O) groups is 1. The number of rotatable bonds is 5. The van der Waals surface area contributed by atoms with Crippen molar-refractivity contribution < 1.29 is 19.0 Å². The van der Waals surface area contributed by atoms with Gasteiger partial charge in [0, 0.05) is 19.2 Å². The maximum Gasteiger partial charge on any atom is 0.274 e. The maximum atomic E-state index is 12.9. The molecule has 1 amide bonds. The monoisotopic (exact) mass is 375 g/mol.